The third-order valence-corrected chi connectivity index (χ3v) is 7.36. The standard InChI is InChI=1S/C26H30N2/c1-17(2)18-12-13-26(3,25-16-20-9-5-7-11-23(20)28-25)21(14-18)24-15-19-8-4-6-10-22(19)27-24/h4-11,15-18,21,27-28H,12-14H2,1-3H3. The number of fused-ring (bicyclic) bond motifs is 2. The Morgan fingerprint density at radius 2 is 1.54 bits per heavy atom. The Balaban J connectivity index is 1.63. The van der Waals surface area contributed by atoms with Crippen molar-refractivity contribution >= 4 is 21.8 Å². The number of aromatic nitrogens is 2. The monoisotopic (exact) mass is 370 g/mol. The van der Waals surface area contributed by atoms with Crippen molar-refractivity contribution in [3.8, 4) is 0 Å². The van der Waals surface area contributed by atoms with Gasteiger partial charge in [-0.3, -0.25) is 0 Å². The minimum Gasteiger partial charge on any atom is -0.358 e. The Bertz CT molecular complexity index is 1050. The van der Waals surface area contributed by atoms with Crippen LogP contribution >= 0.6 is 0 Å². The van der Waals surface area contributed by atoms with Crippen LogP contribution in [-0.2, 0) is 5.41 Å². The molecule has 2 N–H and O–H groups in total. The van der Waals surface area contributed by atoms with Gasteiger partial charge in [0.05, 0.1) is 0 Å². The molecule has 3 atom stereocenters. The molecular weight excluding hydrogens is 340 g/mol. The summed E-state index contributed by atoms with van der Waals surface area (Å²) in [6.07, 6.45) is 3.78. The lowest BCUT2D eigenvalue weighted by Crippen LogP contribution is -2.38. The molecule has 0 saturated heterocycles. The molecule has 3 unspecified atom stereocenters. The third-order valence-electron chi connectivity index (χ3n) is 7.36. The highest BCUT2D eigenvalue weighted by atomic mass is 14.8. The smallest absolute Gasteiger partial charge is 0.0456 e. The molecule has 0 spiro atoms. The van der Waals surface area contributed by atoms with E-state index in [1.54, 1.807) is 0 Å². The van der Waals surface area contributed by atoms with Crippen molar-refractivity contribution in [2.75, 3.05) is 0 Å². The summed E-state index contributed by atoms with van der Waals surface area (Å²) < 4.78 is 0. The van der Waals surface area contributed by atoms with Crippen LogP contribution in [0.1, 0.15) is 57.3 Å². The number of hydrogen-bond donors (Lipinski definition) is 2. The molecule has 1 aliphatic rings. The Morgan fingerprint density at radius 3 is 2.18 bits per heavy atom. The van der Waals surface area contributed by atoms with E-state index in [4.69, 9.17) is 0 Å². The Morgan fingerprint density at radius 1 is 0.893 bits per heavy atom. The van der Waals surface area contributed by atoms with Gasteiger partial charge in [0.1, 0.15) is 0 Å². The van der Waals surface area contributed by atoms with Gasteiger partial charge < -0.3 is 9.97 Å². The largest absolute Gasteiger partial charge is 0.358 e. The summed E-state index contributed by atoms with van der Waals surface area (Å²) in [7, 11) is 0. The molecule has 1 aliphatic carbocycles. The quantitative estimate of drug-likeness (QED) is 0.384. The van der Waals surface area contributed by atoms with E-state index in [2.05, 4.69) is 91.4 Å². The average molecular weight is 371 g/mol. The maximum absolute atomic E-state index is 3.77. The molecule has 5 rings (SSSR count). The van der Waals surface area contributed by atoms with Gasteiger partial charge in [0.25, 0.3) is 0 Å². The highest BCUT2D eigenvalue weighted by Gasteiger charge is 2.44. The van der Waals surface area contributed by atoms with Crippen LogP contribution < -0.4 is 0 Å². The van der Waals surface area contributed by atoms with Gasteiger partial charge in [-0.1, -0.05) is 57.2 Å². The van der Waals surface area contributed by atoms with E-state index in [9.17, 15) is 0 Å². The highest BCUT2D eigenvalue weighted by molar-refractivity contribution is 5.81. The van der Waals surface area contributed by atoms with E-state index in [1.807, 2.05) is 0 Å². The second kappa shape index (κ2) is 6.55. The number of benzene rings is 2. The maximum Gasteiger partial charge on any atom is 0.0456 e. The lowest BCUT2D eigenvalue weighted by atomic mass is 9.60. The van der Waals surface area contributed by atoms with Crippen molar-refractivity contribution < 1.29 is 0 Å². The maximum atomic E-state index is 3.77. The fraction of sp³-hybridized carbons (Fsp3) is 0.385. The predicted octanol–water partition coefficient (Wildman–Crippen LogP) is 7.15. The van der Waals surface area contributed by atoms with Gasteiger partial charge in [0, 0.05) is 33.8 Å². The molecule has 2 nitrogen and oxygen atoms in total. The molecule has 2 aromatic carbocycles. The molecular formula is C26H30N2. The van der Waals surface area contributed by atoms with E-state index in [0.29, 0.717) is 5.92 Å². The molecule has 1 saturated carbocycles. The van der Waals surface area contributed by atoms with E-state index in [1.165, 1.54) is 52.5 Å². The van der Waals surface area contributed by atoms with Gasteiger partial charge >= 0.3 is 0 Å². The zero-order valence-corrected chi connectivity index (χ0v) is 17.1. The second-order valence-corrected chi connectivity index (χ2v) is 9.33. The van der Waals surface area contributed by atoms with E-state index in [-0.39, 0.29) is 5.41 Å². The summed E-state index contributed by atoms with van der Waals surface area (Å²) in [4.78, 5) is 7.54. The van der Waals surface area contributed by atoms with Crippen LogP contribution in [0.4, 0.5) is 0 Å². The number of hydrogen-bond acceptors (Lipinski definition) is 0. The molecule has 2 heterocycles. The zero-order valence-electron chi connectivity index (χ0n) is 17.1. The van der Waals surface area contributed by atoms with Crippen LogP contribution in [-0.4, -0.2) is 9.97 Å². The van der Waals surface area contributed by atoms with Crippen LogP contribution in [0.2, 0.25) is 0 Å². The summed E-state index contributed by atoms with van der Waals surface area (Å²) in [6.45, 7) is 7.25. The summed E-state index contributed by atoms with van der Waals surface area (Å²) in [5, 5.41) is 2.64. The molecule has 0 radical (unpaired) electrons. The number of aromatic amines is 2. The zero-order chi connectivity index (χ0) is 19.3. The SMILES string of the molecule is CC(C)C1CCC(C)(c2cc3ccccc3[nH]2)C(c2cc3ccccc3[nH]2)C1. The van der Waals surface area contributed by atoms with Gasteiger partial charge in [-0.25, -0.2) is 0 Å². The van der Waals surface area contributed by atoms with E-state index < -0.39 is 0 Å². The van der Waals surface area contributed by atoms with Crippen LogP contribution in [0.25, 0.3) is 21.8 Å². The van der Waals surface area contributed by atoms with Crippen molar-refractivity contribution in [1.29, 1.82) is 0 Å². The minimum atomic E-state index is 0.116. The Hall–Kier alpha value is -2.48. The van der Waals surface area contributed by atoms with Crippen molar-refractivity contribution in [1.82, 2.24) is 9.97 Å². The molecule has 1 fully saturated rings. The molecule has 0 bridgehead atoms. The van der Waals surface area contributed by atoms with Crippen LogP contribution in [0, 0.1) is 11.8 Å². The first-order valence-corrected chi connectivity index (χ1v) is 10.7. The highest BCUT2D eigenvalue weighted by Crippen LogP contribution is 2.52. The molecule has 2 aromatic heterocycles. The molecule has 4 aromatic rings. The number of para-hydroxylation sites is 2. The second-order valence-electron chi connectivity index (χ2n) is 9.33. The molecule has 0 amide bonds. The Kier molecular flexibility index (Phi) is 4.12. The first kappa shape index (κ1) is 17.6. The van der Waals surface area contributed by atoms with Crippen molar-refractivity contribution in [3.63, 3.8) is 0 Å². The summed E-state index contributed by atoms with van der Waals surface area (Å²) in [6, 6.07) is 22.1. The van der Waals surface area contributed by atoms with Crippen LogP contribution in [0.3, 0.4) is 0 Å². The van der Waals surface area contributed by atoms with Crippen LogP contribution in [0.5, 0.6) is 0 Å². The molecule has 0 aliphatic heterocycles. The lowest BCUT2D eigenvalue weighted by Gasteiger charge is -2.45. The van der Waals surface area contributed by atoms with E-state index >= 15 is 0 Å². The summed E-state index contributed by atoms with van der Waals surface area (Å²) >= 11 is 0. The first-order valence-electron chi connectivity index (χ1n) is 10.7. The fourth-order valence-electron chi connectivity index (χ4n) is 5.40. The molecule has 28 heavy (non-hydrogen) atoms. The fourth-order valence-corrected chi connectivity index (χ4v) is 5.40. The first-order chi connectivity index (χ1) is 13.5. The normalized spacial score (nSPS) is 25.7. The van der Waals surface area contributed by atoms with Gasteiger partial charge in [0.15, 0.2) is 0 Å². The number of rotatable bonds is 3. The van der Waals surface area contributed by atoms with Crippen molar-refractivity contribution in [2.24, 2.45) is 11.8 Å². The predicted molar refractivity (Wildman–Crippen MR) is 119 cm³/mol. The van der Waals surface area contributed by atoms with Gasteiger partial charge in [-0.15, -0.1) is 0 Å². The van der Waals surface area contributed by atoms with Gasteiger partial charge in [-0.2, -0.15) is 0 Å². The van der Waals surface area contributed by atoms with Crippen molar-refractivity contribution in [2.45, 2.75) is 51.4 Å². The number of nitrogens with one attached hydrogen (secondary N) is 2. The average Bonchev–Trinajstić information content (AvgIpc) is 3.32. The third kappa shape index (κ3) is 2.78. The van der Waals surface area contributed by atoms with Crippen LogP contribution in [0.15, 0.2) is 60.7 Å². The lowest BCUT2D eigenvalue weighted by molar-refractivity contribution is 0.168. The van der Waals surface area contributed by atoms with Crippen molar-refractivity contribution in [3.05, 3.63) is 72.1 Å². The van der Waals surface area contributed by atoms with Gasteiger partial charge in [-0.05, 0) is 66.1 Å². The Labute approximate surface area is 167 Å². The molecule has 2 heteroatoms. The summed E-state index contributed by atoms with van der Waals surface area (Å²) in [5.41, 5.74) is 5.40. The minimum absolute atomic E-state index is 0.116. The molecule has 144 valence electrons. The topological polar surface area (TPSA) is 31.6 Å². The van der Waals surface area contributed by atoms with E-state index in [0.717, 1.165) is 11.8 Å². The van der Waals surface area contributed by atoms with Gasteiger partial charge in [0.2, 0.25) is 0 Å². The summed E-state index contributed by atoms with van der Waals surface area (Å²) in [5.74, 6) is 2.02. The number of H-pyrrole nitrogens is 2.